The number of aryl methyl sites for hydroxylation is 1. The van der Waals surface area contributed by atoms with Crippen molar-refractivity contribution in [3.8, 4) is 0 Å². The number of thioether (sulfide) groups is 1. The summed E-state index contributed by atoms with van der Waals surface area (Å²) in [5, 5.41) is 9.62. The lowest BCUT2D eigenvalue weighted by Crippen LogP contribution is -2.49. The second-order valence-corrected chi connectivity index (χ2v) is 8.29. The highest BCUT2D eigenvalue weighted by atomic mass is 32.2. The minimum absolute atomic E-state index is 0.0662. The van der Waals surface area contributed by atoms with E-state index in [4.69, 9.17) is 0 Å². The van der Waals surface area contributed by atoms with Gasteiger partial charge in [-0.15, -0.1) is 10.2 Å². The second-order valence-electron chi connectivity index (χ2n) is 7.34. The summed E-state index contributed by atoms with van der Waals surface area (Å²) >= 11 is 1.34. The molecule has 0 spiro atoms. The Morgan fingerprint density at radius 1 is 1.03 bits per heavy atom. The number of benzene rings is 1. The first-order chi connectivity index (χ1) is 15.1. The minimum atomic E-state index is -0.117. The van der Waals surface area contributed by atoms with Crippen LogP contribution in [-0.4, -0.2) is 66.9 Å². The van der Waals surface area contributed by atoms with Gasteiger partial charge in [-0.2, -0.15) is 0 Å². The zero-order valence-electron chi connectivity index (χ0n) is 17.0. The highest BCUT2D eigenvalue weighted by Gasteiger charge is 2.23. The molecule has 10 heteroatoms. The van der Waals surface area contributed by atoms with Gasteiger partial charge in [0.1, 0.15) is 5.82 Å². The number of hydrogen-bond donors (Lipinski definition) is 0. The van der Waals surface area contributed by atoms with E-state index in [1.807, 2.05) is 45.7 Å². The van der Waals surface area contributed by atoms with E-state index in [-0.39, 0.29) is 17.2 Å². The fourth-order valence-corrected chi connectivity index (χ4v) is 4.69. The lowest BCUT2D eigenvalue weighted by molar-refractivity contribution is -0.128. The highest BCUT2D eigenvalue weighted by Crippen LogP contribution is 2.22. The number of aromatic nitrogens is 5. The monoisotopic (exact) mass is 435 g/mol. The summed E-state index contributed by atoms with van der Waals surface area (Å²) < 4.78 is 3.33. The van der Waals surface area contributed by atoms with Crippen LogP contribution in [0.1, 0.15) is 0 Å². The molecule has 3 aromatic heterocycles. The average molecular weight is 436 g/mol. The van der Waals surface area contributed by atoms with Crippen molar-refractivity contribution >= 4 is 40.2 Å². The zero-order chi connectivity index (χ0) is 21.4. The summed E-state index contributed by atoms with van der Waals surface area (Å²) in [5.74, 6) is 1.73. The van der Waals surface area contributed by atoms with Crippen LogP contribution in [0.2, 0.25) is 0 Å². The van der Waals surface area contributed by atoms with Crippen molar-refractivity contribution in [3.05, 3.63) is 59.0 Å². The van der Waals surface area contributed by atoms with Crippen molar-refractivity contribution in [1.29, 1.82) is 0 Å². The van der Waals surface area contributed by atoms with Gasteiger partial charge in [0.15, 0.2) is 5.16 Å². The molecular weight excluding hydrogens is 414 g/mol. The van der Waals surface area contributed by atoms with Crippen molar-refractivity contribution in [3.63, 3.8) is 0 Å². The van der Waals surface area contributed by atoms with Gasteiger partial charge in [0.05, 0.1) is 16.7 Å². The minimum Gasteiger partial charge on any atom is -0.353 e. The van der Waals surface area contributed by atoms with Crippen LogP contribution in [0.3, 0.4) is 0 Å². The number of nitrogens with zero attached hydrogens (tertiary/aromatic N) is 7. The molecule has 0 radical (unpaired) electrons. The first kappa shape index (κ1) is 19.6. The molecule has 0 saturated carbocycles. The van der Waals surface area contributed by atoms with Gasteiger partial charge in [-0.25, -0.2) is 4.98 Å². The number of carbonyl (C=O) groups is 1. The Morgan fingerprint density at radius 3 is 2.58 bits per heavy atom. The first-order valence-electron chi connectivity index (χ1n) is 10.0. The maximum absolute atomic E-state index is 12.8. The number of piperazine rings is 1. The number of pyridine rings is 1. The quantitative estimate of drug-likeness (QED) is 0.448. The molecule has 4 heterocycles. The van der Waals surface area contributed by atoms with E-state index in [0.717, 1.165) is 24.4 Å². The van der Waals surface area contributed by atoms with Crippen LogP contribution in [0.4, 0.5) is 5.82 Å². The molecule has 0 atom stereocenters. The predicted octanol–water partition coefficient (Wildman–Crippen LogP) is 1.42. The molecule has 31 heavy (non-hydrogen) atoms. The van der Waals surface area contributed by atoms with Gasteiger partial charge in [0.2, 0.25) is 11.7 Å². The second kappa shape index (κ2) is 8.03. The lowest BCUT2D eigenvalue weighted by atomic mass is 10.2. The van der Waals surface area contributed by atoms with Crippen molar-refractivity contribution in [1.82, 2.24) is 29.0 Å². The van der Waals surface area contributed by atoms with E-state index in [0.29, 0.717) is 29.4 Å². The molecule has 158 valence electrons. The maximum atomic E-state index is 12.8. The third-order valence-electron chi connectivity index (χ3n) is 5.53. The van der Waals surface area contributed by atoms with Gasteiger partial charge in [0, 0.05) is 39.4 Å². The van der Waals surface area contributed by atoms with Crippen LogP contribution in [0, 0.1) is 0 Å². The van der Waals surface area contributed by atoms with Gasteiger partial charge < -0.3 is 9.80 Å². The lowest BCUT2D eigenvalue weighted by Gasteiger charge is -2.35. The molecule has 1 saturated heterocycles. The zero-order valence-corrected chi connectivity index (χ0v) is 17.8. The van der Waals surface area contributed by atoms with E-state index in [9.17, 15) is 9.59 Å². The summed E-state index contributed by atoms with van der Waals surface area (Å²) in [6, 6.07) is 13.2. The van der Waals surface area contributed by atoms with Gasteiger partial charge in [-0.05, 0) is 24.3 Å². The molecule has 5 rings (SSSR count). The maximum Gasteiger partial charge on any atom is 0.262 e. The van der Waals surface area contributed by atoms with Crippen LogP contribution < -0.4 is 10.5 Å². The van der Waals surface area contributed by atoms with Gasteiger partial charge >= 0.3 is 0 Å². The highest BCUT2D eigenvalue weighted by molar-refractivity contribution is 7.99. The molecule has 4 aromatic rings. The SMILES string of the molecule is Cn1c(=O)c2ccccc2n2c(SCC(=O)N3CCN(c4ccccn4)CC3)nnc12. The molecule has 9 nitrogen and oxygen atoms in total. The van der Waals surface area contributed by atoms with E-state index in [1.165, 1.54) is 16.3 Å². The van der Waals surface area contributed by atoms with Crippen LogP contribution in [0.15, 0.2) is 58.6 Å². The summed E-state index contributed by atoms with van der Waals surface area (Å²) in [6.07, 6.45) is 1.78. The summed E-state index contributed by atoms with van der Waals surface area (Å²) in [4.78, 5) is 33.8. The molecule has 1 aromatic carbocycles. The van der Waals surface area contributed by atoms with Crippen LogP contribution in [0.5, 0.6) is 0 Å². The number of anilines is 1. The van der Waals surface area contributed by atoms with Gasteiger partial charge in [-0.3, -0.25) is 18.6 Å². The standard InChI is InChI=1S/C21H21N7O2S/c1-25-19(30)15-6-2-3-7-16(15)28-20(25)23-24-21(28)31-14-18(29)27-12-10-26(11-13-27)17-8-4-5-9-22-17/h2-9H,10-14H2,1H3. The molecule has 1 amide bonds. The molecule has 0 N–H and O–H groups in total. The Labute approximate surface area is 182 Å². The Morgan fingerprint density at radius 2 is 1.81 bits per heavy atom. The smallest absolute Gasteiger partial charge is 0.262 e. The topological polar surface area (TPSA) is 88.6 Å². The fraction of sp³-hybridized carbons (Fsp3) is 0.286. The Kier molecular flexibility index (Phi) is 5.06. The number of para-hydroxylation sites is 1. The van der Waals surface area contributed by atoms with E-state index in [2.05, 4.69) is 20.1 Å². The van der Waals surface area contributed by atoms with Gasteiger partial charge in [0.25, 0.3) is 5.56 Å². The third-order valence-corrected chi connectivity index (χ3v) is 6.44. The molecular formula is C21H21N7O2S. The number of rotatable bonds is 4. The van der Waals surface area contributed by atoms with E-state index < -0.39 is 0 Å². The van der Waals surface area contributed by atoms with Crippen LogP contribution in [-0.2, 0) is 11.8 Å². The van der Waals surface area contributed by atoms with Crippen molar-refractivity contribution in [2.45, 2.75) is 5.16 Å². The molecule has 1 fully saturated rings. The Bertz CT molecular complexity index is 1310. The van der Waals surface area contributed by atoms with Crippen LogP contribution in [0.25, 0.3) is 16.7 Å². The molecule has 0 aliphatic carbocycles. The third kappa shape index (κ3) is 3.52. The number of amides is 1. The first-order valence-corrected chi connectivity index (χ1v) is 11.0. The average Bonchev–Trinajstić information content (AvgIpc) is 3.26. The summed E-state index contributed by atoms with van der Waals surface area (Å²) in [6.45, 7) is 2.84. The molecule has 0 unspecified atom stereocenters. The van der Waals surface area contributed by atoms with Crippen molar-refractivity contribution < 1.29 is 4.79 Å². The van der Waals surface area contributed by atoms with Crippen molar-refractivity contribution in [2.75, 3.05) is 36.8 Å². The Hall–Kier alpha value is -3.40. The number of hydrogen-bond acceptors (Lipinski definition) is 7. The normalized spacial score (nSPS) is 14.5. The fourth-order valence-electron chi connectivity index (χ4n) is 3.85. The summed E-state index contributed by atoms with van der Waals surface area (Å²) in [7, 11) is 1.68. The molecule has 0 bridgehead atoms. The predicted molar refractivity (Wildman–Crippen MR) is 119 cm³/mol. The van der Waals surface area contributed by atoms with E-state index in [1.54, 1.807) is 19.3 Å². The molecule has 1 aliphatic rings. The van der Waals surface area contributed by atoms with E-state index >= 15 is 0 Å². The summed E-state index contributed by atoms with van der Waals surface area (Å²) in [5.41, 5.74) is 0.624. The van der Waals surface area contributed by atoms with Crippen LogP contribution >= 0.6 is 11.8 Å². The number of carbonyl (C=O) groups excluding carboxylic acids is 1. The number of fused-ring (bicyclic) bond motifs is 3. The molecule has 1 aliphatic heterocycles. The largest absolute Gasteiger partial charge is 0.353 e. The van der Waals surface area contributed by atoms with Crippen molar-refractivity contribution in [2.24, 2.45) is 7.05 Å². The Balaban J connectivity index is 1.31. The van der Waals surface area contributed by atoms with Gasteiger partial charge in [-0.1, -0.05) is 30.0 Å².